The molecule has 5 heteroatoms. The topological polar surface area (TPSA) is 60.2 Å². The second kappa shape index (κ2) is 4.98. The van der Waals surface area contributed by atoms with Crippen molar-refractivity contribution in [2.75, 3.05) is 0 Å². The molecule has 0 radical (unpaired) electrons. The third-order valence-corrected chi connectivity index (χ3v) is 2.85. The van der Waals surface area contributed by atoms with Crippen molar-refractivity contribution in [3.8, 4) is 11.1 Å². The molecule has 0 saturated heterocycles. The van der Waals surface area contributed by atoms with Gasteiger partial charge >= 0.3 is 0 Å². The second-order valence-electron chi connectivity index (χ2n) is 3.66. The molecule has 0 aliphatic heterocycles. The van der Waals surface area contributed by atoms with E-state index in [9.17, 15) is 14.9 Å². The predicted molar refractivity (Wildman–Crippen MR) is 68.9 cm³/mol. The first-order chi connectivity index (χ1) is 8.61. The summed E-state index contributed by atoms with van der Waals surface area (Å²) in [5.74, 6) is 0. The number of rotatable bonds is 3. The zero-order valence-electron chi connectivity index (χ0n) is 9.17. The Bertz CT molecular complexity index is 625. The fourth-order valence-corrected chi connectivity index (χ4v) is 1.83. The normalized spacial score (nSPS) is 10.1. The minimum absolute atomic E-state index is 0.0167. The maximum absolute atomic E-state index is 10.7. The standard InChI is InChI=1S/C13H8ClNO3/c14-13-7-10(4-5-11(13)8-16)9-2-1-3-12(6-9)15(17)18/h1-8H. The van der Waals surface area contributed by atoms with E-state index in [0.29, 0.717) is 22.4 Å². The Morgan fingerprint density at radius 1 is 1.11 bits per heavy atom. The van der Waals surface area contributed by atoms with Gasteiger partial charge in [0.05, 0.1) is 9.95 Å². The van der Waals surface area contributed by atoms with Crippen LogP contribution in [0.25, 0.3) is 11.1 Å². The number of aldehydes is 1. The molecule has 0 aromatic heterocycles. The SMILES string of the molecule is O=Cc1ccc(-c2cccc([N+](=O)[O-])c2)cc1Cl. The molecule has 0 unspecified atom stereocenters. The lowest BCUT2D eigenvalue weighted by atomic mass is 10.0. The van der Waals surface area contributed by atoms with E-state index >= 15 is 0 Å². The predicted octanol–water partition coefficient (Wildman–Crippen LogP) is 3.73. The first-order valence-electron chi connectivity index (χ1n) is 5.11. The van der Waals surface area contributed by atoms with E-state index in [1.54, 1.807) is 30.3 Å². The summed E-state index contributed by atoms with van der Waals surface area (Å²) in [6, 6.07) is 11.1. The minimum atomic E-state index is -0.453. The summed E-state index contributed by atoms with van der Waals surface area (Å²) in [5, 5.41) is 11.0. The number of hydrogen-bond acceptors (Lipinski definition) is 3. The summed E-state index contributed by atoms with van der Waals surface area (Å²) in [4.78, 5) is 20.9. The molecule has 2 aromatic rings. The quantitative estimate of drug-likeness (QED) is 0.480. The summed E-state index contributed by atoms with van der Waals surface area (Å²) in [5.41, 5.74) is 1.83. The van der Waals surface area contributed by atoms with Crippen molar-refractivity contribution in [2.24, 2.45) is 0 Å². The number of carbonyl (C=O) groups excluding carboxylic acids is 1. The van der Waals surface area contributed by atoms with Gasteiger partial charge in [-0.3, -0.25) is 14.9 Å². The van der Waals surface area contributed by atoms with Crippen LogP contribution >= 0.6 is 11.6 Å². The molecule has 90 valence electrons. The number of carbonyl (C=O) groups is 1. The van der Waals surface area contributed by atoms with Crippen LogP contribution < -0.4 is 0 Å². The van der Waals surface area contributed by atoms with Crippen LogP contribution in [0, 0.1) is 10.1 Å². The Hall–Kier alpha value is -2.20. The van der Waals surface area contributed by atoms with Crippen molar-refractivity contribution in [3.05, 3.63) is 63.2 Å². The molecule has 2 aromatic carbocycles. The fraction of sp³-hybridized carbons (Fsp3) is 0. The Morgan fingerprint density at radius 2 is 1.83 bits per heavy atom. The third kappa shape index (κ3) is 2.38. The monoisotopic (exact) mass is 261 g/mol. The minimum Gasteiger partial charge on any atom is -0.298 e. The molecule has 0 aliphatic rings. The highest BCUT2D eigenvalue weighted by molar-refractivity contribution is 6.33. The van der Waals surface area contributed by atoms with Crippen molar-refractivity contribution in [3.63, 3.8) is 0 Å². The van der Waals surface area contributed by atoms with Crippen LogP contribution in [0.3, 0.4) is 0 Å². The fourth-order valence-electron chi connectivity index (χ4n) is 1.60. The molecule has 0 heterocycles. The Balaban J connectivity index is 2.48. The first kappa shape index (κ1) is 12.3. The van der Waals surface area contributed by atoms with Gasteiger partial charge < -0.3 is 0 Å². The van der Waals surface area contributed by atoms with E-state index in [-0.39, 0.29) is 5.69 Å². The van der Waals surface area contributed by atoms with E-state index in [1.165, 1.54) is 12.1 Å². The highest BCUT2D eigenvalue weighted by Gasteiger charge is 2.08. The van der Waals surface area contributed by atoms with Crippen LogP contribution in [0.5, 0.6) is 0 Å². The van der Waals surface area contributed by atoms with E-state index in [0.717, 1.165) is 5.56 Å². The summed E-state index contributed by atoms with van der Waals surface area (Å²) in [7, 11) is 0. The molecule has 0 N–H and O–H groups in total. The smallest absolute Gasteiger partial charge is 0.270 e. The van der Waals surface area contributed by atoms with Gasteiger partial charge in [-0.2, -0.15) is 0 Å². The first-order valence-corrected chi connectivity index (χ1v) is 5.49. The number of nitrogens with zero attached hydrogens (tertiary/aromatic N) is 1. The molecule has 0 bridgehead atoms. The van der Waals surface area contributed by atoms with Crippen LogP contribution in [0.4, 0.5) is 5.69 Å². The van der Waals surface area contributed by atoms with Gasteiger partial charge in [-0.25, -0.2) is 0 Å². The highest BCUT2D eigenvalue weighted by atomic mass is 35.5. The highest BCUT2D eigenvalue weighted by Crippen LogP contribution is 2.27. The van der Waals surface area contributed by atoms with Crippen molar-refractivity contribution in [2.45, 2.75) is 0 Å². The molecule has 0 saturated carbocycles. The summed E-state index contributed by atoms with van der Waals surface area (Å²) < 4.78 is 0. The van der Waals surface area contributed by atoms with Gasteiger partial charge in [0.2, 0.25) is 0 Å². The molecule has 0 aliphatic carbocycles. The van der Waals surface area contributed by atoms with Gasteiger partial charge in [0, 0.05) is 17.7 Å². The Morgan fingerprint density at radius 3 is 2.44 bits per heavy atom. The van der Waals surface area contributed by atoms with E-state index in [1.807, 2.05) is 0 Å². The van der Waals surface area contributed by atoms with Gasteiger partial charge in [-0.1, -0.05) is 29.8 Å². The van der Waals surface area contributed by atoms with Crippen molar-refractivity contribution in [1.29, 1.82) is 0 Å². The lowest BCUT2D eigenvalue weighted by molar-refractivity contribution is -0.384. The number of benzene rings is 2. The molecule has 0 spiro atoms. The van der Waals surface area contributed by atoms with Gasteiger partial charge in [0.1, 0.15) is 0 Å². The maximum Gasteiger partial charge on any atom is 0.270 e. The average Bonchev–Trinajstić information content (AvgIpc) is 2.38. The van der Waals surface area contributed by atoms with Crippen molar-refractivity contribution >= 4 is 23.6 Å². The second-order valence-corrected chi connectivity index (χ2v) is 4.07. The summed E-state index contributed by atoms with van der Waals surface area (Å²) in [6.45, 7) is 0. The van der Waals surface area contributed by atoms with Gasteiger partial charge in [-0.15, -0.1) is 0 Å². The molecular formula is C13H8ClNO3. The van der Waals surface area contributed by atoms with Crippen molar-refractivity contribution in [1.82, 2.24) is 0 Å². The summed E-state index contributed by atoms with van der Waals surface area (Å²) in [6.07, 6.45) is 0.666. The maximum atomic E-state index is 10.7. The zero-order valence-corrected chi connectivity index (χ0v) is 9.92. The van der Waals surface area contributed by atoms with Crippen LogP contribution in [-0.2, 0) is 0 Å². The zero-order chi connectivity index (χ0) is 13.1. The Labute approximate surface area is 108 Å². The molecule has 2 rings (SSSR count). The van der Waals surface area contributed by atoms with Crippen LogP contribution in [0.15, 0.2) is 42.5 Å². The third-order valence-electron chi connectivity index (χ3n) is 2.52. The summed E-state index contributed by atoms with van der Waals surface area (Å²) >= 11 is 5.92. The number of halogens is 1. The molecule has 0 fully saturated rings. The van der Waals surface area contributed by atoms with Gasteiger partial charge in [0.25, 0.3) is 5.69 Å². The van der Waals surface area contributed by atoms with E-state index in [4.69, 9.17) is 11.6 Å². The molecule has 0 atom stereocenters. The number of hydrogen-bond donors (Lipinski definition) is 0. The molecular weight excluding hydrogens is 254 g/mol. The van der Waals surface area contributed by atoms with Crippen LogP contribution in [0.2, 0.25) is 5.02 Å². The van der Waals surface area contributed by atoms with Gasteiger partial charge in [0.15, 0.2) is 6.29 Å². The molecule has 0 amide bonds. The van der Waals surface area contributed by atoms with Gasteiger partial charge in [-0.05, 0) is 23.3 Å². The largest absolute Gasteiger partial charge is 0.298 e. The average molecular weight is 262 g/mol. The van der Waals surface area contributed by atoms with Crippen molar-refractivity contribution < 1.29 is 9.72 Å². The lowest BCUT2D eigenvalue weighted by Gasteiger charge is -2.03. The Kier molecular flexibility index (Phi) is 3.39. The van der Waals surface area contributed by atoms with Crippen LogP contribution in [-0.4, -0.2) is 11.2 Å². The van der Waals surface area contributed by atoms with E-state index in [2.05, 4.69) is 0 Å². The lowest BCUT2D eigenvalue weighted by Crippen LogP contribution is -1.89. The molecule has 18 heavy (non-hydrogen) atoms. The number of nitro groups is 1. The molecule has 4 nitrogen and oxygen atoms in total. The number of nitro benzene ring substituents is 1. The van der Waals surface area contributed by atoms with E-state index < -0.39 is 4.92 Å². The number of non-ortho nitro benzene ring substituents is 1. The van der Waals surface area contributed by atoms with Crippen LogP contribution in [0.1, 0.15) is 10.4 Å².